The molecule has 0 saturated carbocycles. The van der Waals surface area contributed by atoms with Gasteiger partial charge in [-0.1, -0.05) is 11.6 Å². The normalized spacial score (nSPS) is 15.9. The SMILES string of the molecule is COc1nc(N(C)C)ccc1-c1cc2c(C(=O)NOCC3CCCO3)c[nH]c2cc1Cl. The standard InChI is InChI=1S/C22H25ClN4O4/c1-27(2)20-7-6-14(22(25-20)29-3)15-9-16-17(11-24-19(16)10-18(15)23)21(28)26-31-12-13-5-4-8-30-13/h6-7,9-11,13,24H,4-5,8,12H2,1-3H3,(H,26,28). The second-order valence-corrected chi connectivity index (χ2v) is 7.99. The Hall–Kier alpha value is -2.81. The molecule has 1 aliphatic rings. The lowest BCUT2D eigenvalue weighted by molar-refractivity contribution is -0.0220. The van der Waals surface area contributed by atoms with Gasteiger partial charge in [0.05, 0.1) is 23.8 Å². The number of hydrogen-bond acceptors (Lipinski definition) is 6. The second kappa shape index (κ2) is 9.13. The highest BCUT2D eigenvalue weighted by Gasteiger charge is 2.20. The van der Waals surface area contributed by atoms with Gasteiger partial charge in [-0.2, -0.15) is 4.98 Å². The third-order valence-electron chi connectivity index (χ3n) is 5.26. The van der Waals surface area contributed by atoms with Crippen LogP contribution in [-0.4, -0.2) is 56.4 Å². The third-order valence-corrected chi connectivity index (χ3v) is 5.57. The van der Waals surface area contributed by atoms with Gasteiger partial charge in [0.25, 0.3) is 5.91 Å². The Morgan fingerprint density at radius 3 is 2.90 bits per heavy atom. The molecule has 1 unspecified atom stereocenters. The zero-order chi connectivity index (χ0) is 22.0. The van der Waals surface area contributed by atoms with Crippen LogP contribution in [0, 0.1) is 0 Å². The molecule has 31 heavy (non-hydrogen) atoms. The molecule has 0 radical (unpaired) electrons. The van der Waals surface area contributed by atoms with Crippen LogP contribution in [0.3, 0.4) is 0 Å². The molecule has 2 N–H and O–H groups in total. The molecular formula is C22H25ClN4O4. The largest absolute Gasteiger partial charge is 0.480 e. The number of amides is 1. The van der Waals surface area contributed by atoms with E-state index in [4.69, 9.17) is 25.9 Å². The Balaban J connectivity index is 1.62. The Labute approximate surface area is 185 Å². The van der Waals surface area contributed by atoms with Crippen molar-refractivity contribution in [3.63, 3.8) is 0 Å². The molecule has 1 saturated heterocycles. The molecule has 0 aliphatic carbocycles. The van der Waals surface area contributed by atoms with Gasteiger partial charge in [-0.05, 0) is 37.1 Å². The monoisotopic (exact) mass is 444 g/mol. The number of carbonyl (C=O) groups is 1. The fraction of sp³-hybridized carbons (Fsp3) is 0.364. The molecule has 1 aromatic carbocycles. The summed E-state index contributed by atoms with van der Waals surface area (Å²) in [4.78, 5) is 27.6. The Morgan fingerprint density at radius 2 is 2.19 bits per heavy atom. The number of nitrogens with one attached hydrogen (secondary N) is 2. The van der Waals surface area contributed by atoms with E-state index >= 15 is 0 Å². The minimum absolute atomic E-state index is 0.0266. The number of pyridine rings is 1. The Morgan fingerprint density at radius 1 is 1.35 bits per heavy atom. The summed E-state index contributed by atoms with van der Waals surface area (Å²) in [6.07, 6.45) is 3.62. The van der Waals surface area contributed by atoms with Crippen molar-refractivity contribution in [1.29, 1.82) is 0 Å². The minimum atomic E-state index is -0.342. The summed E-state index contributed by atoms with van der Waals surface area (Å²) in [5, 5.41) is 1.24. The molecule has 1 atom stereocenters. The van der Waals surface area contributed by atoms with Gasteiger partial charge in [0.15, 0.2) is 0 Å². The number of hydrogen-bond donors (Lipinski definition) is 2. The lowest BCUT2D eigenvalue weighted by atomic mass is 10.0. The van der Waals surface area contributed by atoms with Crippen molar-refractivity contribution in [3.05, 3.63) is 41.0 Å². The van der Waals surface area contributed by atoms with Crippen LogP contribution in [0.5, 0.6) is 5.88 Å². The van der Waals surface area contributed by atoms with Gasteiger partial charge in [-0.25, -0.2) is 5.48 Å². The van der Waals surface area contributed by atoms with Crippen LogP contribution in [0.2, 0.25) is 5.02 Å². The van der Waals surface area contributed by atoms with Crippen molar-refractivity contribution in [2.75, 3.05) is 39.3 Å². The van der Waals surface area contributed by atoms with Crippen LogP contribution < -0.4 is 15.1 Å². The van der Waals surface area contributed by atoms with Gasteiger partial charge < -0.3 is 19.4 Å². The molecule has 2 aromatic heterocycles. The van der Waals surface area contributed by atoms with Crippen LogP contribution in [-0.2, 0) is 9.57 Å². The average molecular weight is 445 g/mol. The number of methoxy groups -OCH3 is 1. The number of halogens is 1. The lowest BCUT2D eigenvalue weighted by Gasteiger charge is -2.15. The molecule has 1 fully saturated rings. The molecule has 8 nitrogen and oxygen atoms in total. The number of ether oxygens (including phenoxy) is 2. The van der Waals surface area contributed by atoms with Crippen LogP contribution in [0.1, 0.15) is 23.2 Å². The zero-order valence-electron chi connectivity index (χ0n) is 17.7. The van der Waals surface area contributed by atoms with E-state index in [0.29, 0.717) is 23.1 Å². The summed E-state index contributed by atoms with van der Waals surface area (Å²) in [5.41, 5.74) is 5.17. The summed E-state index contributed by atoms with van der Waals surface area (Å²) in [6.45, 7) is 1.06. The van der Waals surface area contributed by atoms with E-state index in [1.54, 1.807) is 19.4 Å². The summed E-state index contributed by atoms with van der Waals surface area (Å²) in [7, 11) is 5.39. The highest BCUT2D eigenvalue weighted by molar-refractivity contribution is 6.34. The van der Waals surface area contributed by atoms with E-state index in [9.17, 15) is 4.79 Å². The summed E-state index contributed by atoms with van der Waals surface area (Å²) in [5.74, 6) is 0.877. The fourth-order valence-electron chi connectivity index (χ4n) is 3.61. The van der Waals surface area contributed by atoms with E-state index in [1.807, 2.05) is 37.2 Å². The number of aromatic nitrogens is 2. The number of carbonyl (C=O) groups excluding carboxylic acids is 1. The van der Waals surface area contributed by atoms with Gasteiger partial charge >= 0.3 is 0 Å². The lowest BCUT2D eigenvalue weighted by Crippen LogP contribution is -2.28. The molecule has 1 amide bonds. The van der Waals surface area contributed by atoms with Crippen molar-refractivity contribution in [2.24, 2.45) is 0 Å². The van der Waals surface area contributed by atoms with Crippen molar-refractivity contribution in [1.82, 2.24) is 15.4 Å². The Bertz CT molecular complexity index is 1090. The van der Waals surface area contributed by atoms with Crippen LogP contribution >= 0.6 is 11.6 Å². The maximum atomic E-state index is 12.7. The van der Waals surface area contributed by atoms with Gasteiger partial charge in [0.2, 0.25) is 5.88 Å². The zero-order valence-corrected chi connectivity index (χ0v) is 18.5. The van der Waals surface area contributed by atoms with E-state index in [-0.39, 0.29) is 12.0 Å². The first kappa shape index (κ1) is 21.4. The number of benzene rings is 1. The smallest absolute Gasteiger partial charge is 0.277 e. The Kier molecular flexibility index (Phi) is 6.31. The highest BCUT2D eigenvalue weighted by Crippen LogP contribution is 2.38. The van der Waals surface area contributed by atoms with E-state index in [0.717, 1.165) is 47.3 Å². The molecule has 4 rings (SSSR count). The molecular weight excluding hydrogens is 420 g/mol. The molecule has 3 aromatic rings. The van der Waals surface area contributed by atoms with E-state index < -0.39 is 0 Å². The van der Waals surface area contributed by atoms with Crippen molar-refractivity contribution < 1.29 is 19.1 Å². The van der Waals surface area contributed by atoms with Gasteiger partial charge in [-0.15, -0.1) is 0 Å². The first-order chi connectivity index (χ1) is 15.0. The predicted octanol–water partition coefficient (Wildman–Crippen LogP) is 3.80. The fourth-order valence-corrected chi connectivity index (χ4v) is 3.87. The number of hydroxylamine groups is 1. The van der Waals surface area contributed by atoms with Gasteiger partial charge in [0.1, 0.15) is 12.4 Å². The number of anilines is 1. The summed E-state index contributed by atoms with van der Waals surface area (Å²) in [6, 6.07) is 7.45. The maximum Gasteiger partial charge on any atom is 0.277 e. The number of H-pyrrole nitrogens is 1. The topological polar surface area (TPSA) is 88.7 Å². The average Bonchev–Trinajstić information content (AvgIpc) is 3.42. The number of rotatable bonds is 7. The molecule has 0 spiro atoms. The van der Waals surface area contributed by atoms with Crippen LogP contribution in [0.15, 0.2) is 30.5 Å². The number of nitrogens with zero attached hydrogens (tertiary/aromatic N) is 2. The summed E-state index contributed by atoms with van der Waals surface area (Å²) >= 11 is 6.56. The molecule has 9 heteroatoms. The maximum absolute atomic E-state index is 12.7. The van der Waals surface area contributed by atoms with Gasteiger partial charge in [-0.3, -0.25) is 9.63 Å². The first-order valence-corrected chi connectivity index (χ1v) is 10.4. The first-order valence-electron chi connectivity index (χ1n) is 10.0. The van der Waals surface area contributed by atoms with Crippen molar-refractivity contribution in [2.45, 2.75) is 18.9 Å². The van der Waals surface area contributed by atoms with E-state index in [2.05, 4.69) is 15.4 Å². The van der Waals surface area contributed by atoms with E-state index in [1.165, 1.54) is 0 Å². The van der Waals surface area contributed by atoms with Gasteiger partial charge in [0, 0.05) is 48.9 Å². The van der Waals surface area contributed by atoms with Crippen molar-refractivity contribution >= 4 is 34.2 Å². The predicted molar refractivity (Wildman–Crippen MR) is 120 cm³/mol. The van der Waals surface area contributed by atoms with Crippen LogP contribution in [0.4, 0.5) is 5.82 Å². The molecule has 1 aliphatic heterocycles. The molecule has 3 heterocycles. The quantitative estimate of drug-likeness (QED) is 0.539. The molecule has 0 bridgehead atoms. The second-order valence-electron chi connectivity index (χ2n) is 7.58. The molecule has 164 valence electrons. The third kappa shape index (κ3) is 4.46. The minimum Gasteiger partial charge on any atom is -0.480 e. The van der Waals surface area contributed by atoms with Crippen LogP contribution in [0.25, 0.3) is 22.0 Å². The highest BCUT2D eigenvalue weighted by atomic mass is 35.5. The van der Waals surface area contributed by atoms with Crippen molar-refractivity contribution in [3.8, 4) is 17.0 Å². The summed E-state index contributed by atoms with van der Waals surface area (Å²) < 4.78 is 11.0. The number of aromatic amines is 1. The number of fused-ring (bicyclic) bond motifs is 1.